The number of aryl methyl sites for hydroxylation is 3. The van der Waals surface area contributed by atoms with Crippen LogP contribution in [-0.2, 0) is 13.0 Å². The van der Waals surface area contributed by atoms with E-state index < -0.39 is 0 Å². The Kier molecular flexibility index (Phi) is 4.38. The Labute approximate surface area is 115 Å². The van der Waals surface area contributed by atoms with Gasteiger partial charge in [-0.3, -0.25) is 4.68 Å². The van der Waals surface area contributed by atoms with Crippen LogP contribution >= 0.6 is 0 Å². The summed E-state index contributed by atoms with van der Waals surface area (Å²) < 4.78 is 2.06. The van der Waals surface area contributed by atoms with Gasteiger partial charge in [0.25, 0.3) is 0 Å². The number of rotatable bonds is 5. The van der Waals surface area contributed by atoms with E-state index in [1.54, 1.807) is 0 Å². The Morgan fingerprint density at radius 2 is 1.89 bits per heavy atom. The molecule has 102 valence electrons. The molecule has 3 nitrogen and oxygen atoms in total. The second-order valence-electron chi connectivity index (χ2n) is 5.11. The van der Waals surface area contributed by atoms with Crippen LogP contribution in [0, 0.1) is 13.8 Å². The normalized spacial score (nSPS) is 12.6. The third-order valence-corrected chi connectivity index (χ3v) is 3.48. The van der Waals surface area contributed by atoms with E-state index in [0.29, 0.717) is 6.04 Å². The van der Waals surface area contributed by atoms with E-state index in [-0.39, 0.29) is 0 Å². The van der Waals surface area contributed by atoms with Crippen molar-refractivity contribution < 1.29 is 0 Å². The maximum absolute atomic E-state index is 4.36. The molecule has 0 saturated heterocycles. The first-order valence-electron chi connectivity index (χ1n) is 6.90. The maximum atomic E-state index is 4.36. The van der Waals surface area contributed by atoms with Gasteiger partial charge in [-0.2, -0.15) is 5.10 Å². The second kappa shape index (κ2) is 6.02. The van der Waals surface area contributed by atoms with Crippen LogP contribution in [0.5, 0.6) is 0 Å². The van der Waals surface area contributed by atoms with Gasteiger partial charge in [-0.1, -0.05) is 29.3 Å². The van der Waals surface area contributed by atoms with Crippen molar-refractivity contribution in [3.8, 4) is 0 Å². The summed E-state index contributed by atoms with van der Waals surface area (Å²) in [5, 5.41) is 7.76. The minimum Gasteiger partial charge on any atom is -0.311 e. The molecule has 3 heteroatoms. The topological polar surface area (TPSA) is 29.9 Å². The van der Waals surface area contributed by atoms with E-state index in [1.807, 2.05) is 13.2 Å². The molecular weight excluding hydrogens is 234 g/mol. The summed E-state index contributed by atoms with van der Waals surface area (Å²) >= 11 is 0. The van der Waals surface area contributed by atoms with Crippen molar-refractivity contribution in [1.82, 2.24) is 15.1 Å². The molecule has 0 aliphatic heterocycles. The molecule has 0 aliphatic rings. The number of likely N-dealkylation sites (N-methyl/N-ethyl adjacent to an activating group) is 1. The van der Waals surface area contributed by atoms with Crippen molar-refractivity contribution in [3.05, 3.63) is 52.8 Å². The SMILES string of the molecule is CCn1nccc1C(Cc1cc(C)cc(C)c1)NC. The summed E-state index contributed by atoms with van der Waals surface area (Å²) in [6.45, 7) is 7.34. The van der Waals surface area contributed by atoms with E-state index in [9.17, 15) is 0 Å². The Balaban J connectivity index is 2.24. The molecule has 1 aromatic carbocycles. The molecule has 1 aromatic heterocycles. The molecule has 2 rings (SSSR count). The largest absolute Gasteiger partial charge is 0.311 e. The molecule has 1 heterocycles. The third-order valence-electron chi connectivity index (χ3n) is 3.48. The van der Waals surface area contributed by atoms with E-state index in [2.05, 4.69) is 60.1 Å². The summed E-state index contributed by atoms with van der Waals surface area (Å²) in [4.78, 5) is 0. The summed E-state index contributed by atoms with van der Waals surface area (Å²) in [5.41, 5.74) is 5.28. The number of nitrogens with one attached hydrogen (secondary N) is 1. The van der Waals surface area contributed by atoms with Gasteiger partial charge in [-0.25, -0.2) is 0 Å². The number of hydrogen-bond donors (Lipinski definition) is 1. The first-order chi connectivity index (χ1) is 9.13. The molecule has 19 heavy (non-hydrogen) atoms. The number of nitrogens with zero attached hydrogens (tertiary/aromatic N) is 2. The standard InChI is InChI=1S/C16H23N3/c1-5-19-16(6-7-18-19)15(17-4)11-14-9-12(2)8-13(3)10-14/h6-10,15,17H,5,11H2,1-4H3. The highest BCUT2D eigenvalue weighted by atomic mass is 15.3. The van der Waals surface area contributed by atoms with Crippen LogP contribution in [0.1, 0.15) is 35.3 Å². The Morgan fingerprint density at radius 1 is 1.21 bits per heavy atom. The Morgan fingerprint density at radius 3 is 2.47 bits per heavy atom. The minimum absolute atomic E-state index is 0.309. The molecule has 0 amide bonds. The second-order valence-corrected chi connectivity index (χ2v) is 5.11. The molecule has 0 saturated carbocycles. The van der Waals surface area contributed by atoms with Crippen molar-refractivity contribution in [1.29, 1.82) is 0 Å². The predicted octanol–water partition coefficient (Wildman–Crippen LogP) is 3.02. The van der Waals surface area contributed by atoms with Gasteiger partial charge in [0.05, 0.1) is 11.7 Å². The zero-order chi connectivity index (χ0) is 13.8. The van der Waals surface area contributed by atoms with Crippen LogP contribution in [0.15, 0.2) is 30.5 Å². The number of aromatic nitrogens is 2. The molecule has 1 unspecified atom stereocenters. The lowest BCUT2D eigenvalue weighted by molar-refractivity contribution is 0.513. The highest BCUT2D eigenvalue weighted by Crippen LogP contribution is 2.19. The first-order valence-corrected chi connectivity index (χ1v) is 6.90. The van der Waals surface area contributed by atoms with Gasteiger partial charge in [0.15, 0.2) is 0 Å². The average Bonchev–Trinajstić information content (AvgIpc) is 2.82. The van der Waals surface area contributed by atoms with Crippen LogP contribution in [0.25, 0.3) is 0 Å². The van der Waals surface area contributed by atoms with E-state index in [4.69, 9.17) is 0 Å². The lowest BCUT2D eigenvalue weighted by Gasteiger charge is -2.18. The van der Waals surface area contributed by atoms with Crippen LogP contribution in [0.2, 0.25) is 0 Å². The fourth-order valence-electron chi connectivity index (χ4n) is 2.68. The smallest absolute Gasteiger partial charge is 0.0556 e. The molecule has 0 radical (unpaired) electrons. The van der Waals surface area contributed by atoms with Gasteiger partial charge in [-0.05, 0) is 45.9 Å². The predicted molar refractivity (Wildman–Crippen MR) is 79.3 cm³/mol. The van der Waals surface area contributed by atoms with Crippen molar-refractivity contribution in [2.24, 2.45) is 0 Å². The molecular formula is C16H23N3. The molecule has 0 spiro atoms. The fraction of sp³-hybridized carbons (Fsp3) is 0.438. The zero-order valence-electron chi connectivity index (χ0n) is 12.3. The Hall–Kier alpha value is -1.61. The molecule has 2 aromatic rings. The fourth-order valence-corrected chi connectivity index (χ4v) is 2.68. The molecule has 0 aliphatic carbocycles. The first kappa shape index (κ1) is 13.8. The van der Waals surface area contributed by atoms with Crippen LogP contribution in [0.4, 0.5) is 0 Å². The highest BCUT2D eigenvalue weighted by molar-refractivity contribution is 5.30. The van der Waals surface area contributed by atoms with E-state index in [1.165, 1.54) is 22.4 Å². The average molecular weight is 257 g/mol. The lowest BCUT2D eigenvalue weighted by Crippen LogP contribution is -2.22. The van der Waals surface area contributed by atoms with Crippen molar-refractivity contribution in [2.45, 2.75) is 39.8 Å². The van der Waals surface area contributed by atoms with Crippen LogP contribution in [-0.4, -0.2) is 16.8 Å². The van der Waals surface area contributed by atoms with Gasteiger partial charge >= 0.3 is 0 Å². The quantitative estimate of drug-likeness (QED) is 0.892. The maximum Gasteiger partial charge on any atom is 0.0556 e. The molecule has 1 N–H and O–H groups in total. The van der Waals surface area contributed by atoms with E-state index in [0.717, 1.165) is 13.0 Å². The summed E-state index contributed by atoms with van der Waals surface area (Å²) in [6.07, 6.45) is 2.87. The number of benzene rings is 1. The van der Waals surface area contributed by atoms with Crippen LogP contribution < -0.4 is 5.32 Å². The van der Waals surface area contributed by atoms with Gasteiger partial charge in [0, 0.05) is 12.7 Å². The van der Waals surface area contributed by atoms with E-state index >= 15 is 0 Å². The minimum atomic E-state index is 0.309. The summed E-state index contributed by atoms with van der Waals surface area (Å²) in [6, 6.07) is 9.17. The Bertz CT molecular complexity index is 522. The number of hydrogen-bond acceptors (Lipinski definition) is 2. The summed E-state index contributed by atoms with van der Waals surface area (Å²) in [7, 11) is 2.01. The summed E-state index contributed by atoms with van der Waals surface area (Å²) in [5.74, 6) is 0. The van der Waals surface area contributed by atoms with Gasteiger partial charge < -0.3 is 5.32 Å². The molecule has 0 bridgehead atoms. The zero-order valence-corrected chi connectivity index (χ0v) is 12.3. The van der Waals surface area contributed by atoms with Gasteiger partial charge in [0.1, 0.15) is 0 Å². The van der Waals surface area contributed by atoms with Crippen molar-refractivity contribution >= 4 is 0 Å². The van der Waals surface area contributed by atoms with Gasteiger partial charge in [0.2, 0.25) is 0 Å². The van der Waals surface area contributed by atoms with Crippen molar-refractivity contribution in [2.75, 3.05) is 7.05 Å². The third kappa shape index (κ3) is 3.24. The van der Waals surface area contributed by atoms with Crippen molar-refractivity contribution in [3.63, 3.8) is 0 Å². The monoisotopic (exact) mass is 257 g/mol. The highest BCUT2D eigenvalue weighted by Gasteiger charge is 2.14. The molecule has 1 atom stereocenters. The molecule has 0 fully saturated rings. The van der Waals surface area contributed by atoms with Crippen LogP contribution in [0.3, 0.4) is 0 Å². The van der Waals surface area contributed by atoms with Gasteiger partial charge in [-0.15, -0.1) is 0 Å². The lowest BCUT2D eigenvalue weighted by atomic mass is 9.99.